The zero-order valence-electron chi connectivity index (χ0n) is 10.8. The second kappa shape index (κ2) is 6.38. The number of pyridine rings is 1. The van der Waals surface area contributed by atoms with Crippen molar-refractivity contribution in [3.63, 3.8) is 0 Å². The van der Waals surface area contributed by atoms with Gasteiger partial charge in [0.2, 0.25) is 0 Å². The quantitative estimate of drug-likeness (QED) is 0.656. The van der Waals surface area contributed by atoms with E-state index in [9.17, 15) is 4.79 Å². The van der Waals surface area contributed by atoms with Crippen molar-refractivity contribution in [1.82, 2.24) is 10.3 Å². The van der Waals surface area contributed by atoms with Crippen molar-refractivity contribution in [1.29, 1.82) is 5.41 Å². The molecular formula is C15H14N4O. The smallest absolute Gasteiger partial charge is 0.251 e. The van der Waals surface area contributed by atoms with Crippen LogP contribution in [0.15, 0.2) is 53.8 Å². The van der Waals surface area contributed by atoms with Crippen molar-refractivity contribution < 1.29 is 4.79 Å². The molecule has 0 spiro atoms. The van der Waals surface area contributed by atoms with Gasteiger partial charge in [-0.2, -0.15) is 0 Å². The van der Waals surface area contributed by atoms with Crippen LogP contribution in [0, 0.1) is 5.41 Å². The molecule has 100 valence electrons. The van der Waals surface area contributed by atoms with E-state index in [1.807, 2.05) is 12.1 Å². The largest absolute Gasteiger partial charge is 0.348 e. The Kier molecular flexibility index (Phi) is 4.34. The predicted molar refractivity (Wildman–Crippen MR) is 78.2 cm³/mol. The summed E-state index contributed by atoms with van der Waals surface area (Å²) in [6.07, 6.45) is 3.40. The van der Waals surface area contributed by atoms with Crippen LogP contribution in [-0.4, -0.2) is 23.4 Å². The summed E-state index contributed by atoms with van der Waals surface area (Å²) in [6, 6.07) is 10.4. The highest BCUT2D eigenvalue weighted by molar-refractivity contribution is 6.00. The molecule has 0 radical (unpaired) electrons. The lowest BCUT2D eigenvalue weighted by atomic mass is 10.1. The summed E-state index contributed by atoms with van der Waals surface area (Å²) in [5.74, 6) is -0.0779. The highest BCUT2D eigenvalue weighted by Crippen LogP contribution is 2.06. The van der Waals surface area contributed by atoms with Crippen molar-refractivity contribution >= 4 is 18.5 Å². The number of aromatic nitrogens is 1. The monoisotopic (exact) mass is 266 g/mol. The van der Waals surface area contributed by atoms with Crippen LogP contribution in [0.25, 0.3) is 0 Å². The third-order valence-corrected chi connectivity index (χ3v) is 2.75. The van der Waals surface area contributed by atoms with Gasteiger partial charge in [0.25, 0.3) is 5.91 Å². The third kappa shape index (κ3) is 3.35. The lowest BCUT2D eigenvalue weighted by Crippen LogP contribution is -2.22. The SMILES string of the molecule is C=NC(=N)c1ccc(C(=O)NCc2cccnc2)cc1. The van der Waals surface area contributed by atoms with Gasteiger partial charge < -0.3 is 5.32 Å². The molecule has 1 aromatic carbocycles. The van der Waals surface area contributed by atoms with Gasteiger partial charge in [-0.3, -0.25) is 15.2 Å². The van der Waals surface area contributed by atoms with E-state index in [2.05, 4.69) is 22.0 Å². The van der Waals surface area contributed by atoms with Crippen LogP contribution < -0.4 is 5.32 Å². The van der Waals surface area contributed by atoms with Crippen molar-refractivity contribution in [2.24, 2.45) is 4.99 Å². The second-order valence-electron chi connectivity index (χ2n) is 4.13. The molecule has 2 N–H and O–H groups in total. The maximum Gasteiger partial charge on any atom is 0.251 e. The maximum atomic E-state index is 11.9. The molecule has 1 aromatic heterocycles. The minimum atomic E-state index is -0.168. The average molecular weight is 266 g/mol. The Balaban J connectivity index is 1.99. The van der Waals surface area contributed by atoms with E-state index in [-0.39, 0.29) is 11.7 Å². The minimum absolute atomic E-state index is 0.0901. The Morgan fingerprint density at radius 1 is 1.25 bits per heavy atom. The number of carbonyl (C=O) groups is 1. The van der Waals surface area contributed by atoms with E-state index in [0.717, 1.165) is 5.56 Å². The number of amides is 1. The standard InChI is InChI=1S/C15H14N4O/c1-17-14(16)12-4-6-13(7-5-12)15(20)19-10-11-3-2-8-18-9-11/h2-9,16H,1,10H2,(H,19,20). The van der Waals surface area contributed by atoms with Crippen LogP contribution in [0.4, 0.5) is 0 Å². The molecule has 0 unspecified atom stereocenters. The summed E-state index contributed by atoms with van der Waals surface area (Å²) in [5.41, 5.74) is 2.11. The molecule has 5 nitrogen and oxygen atoms in total. The molecule has 0 saturated heterocycles. The predicted octanol–water partition coefficient (Wildman–Crippen LogP) is 2.04. The number of amidine groups is 1. The molecule has 0 fully saturated rings. The van der Waals surface area contributed by atoms with Crippen LogP contribution in [-0.2, 0) is 6.54 Å². The van der Waals surface area contributed by atoms with Crippen LogP contribution >= 0.6 is 0 Å². The van der Waals surface area contributed by atoms with Crippen LogP contribution in [0.3, 0.4) is 0 Å². The van der Waals surface area contributed by atoms with Crippen molar-refractivity contribution in [2.75, 3.05) is 0 Å². The Morgan fingerprint density at radius 2 is 1.95 bits per heavy atom. The fourth-order valence-electron chi connectivity index (χ4n) is 1.66. The first-order valence-corrected chi connectivity index (χ1v) is 6.03. The average Bonchev–Trinajstić information content (AvgIpc) is 2.53. The summed E-state index contributed by atoms with van der Waals surface area (Å²) in [5, 5.41) is 10.3. The third-order valence-electron chi connectivity index (χ3n) is 2.75. The fraction of sp³-hybridized carbons (Fsp3) is 0.0667. The Bertz CT molecular complexity index is 620. The Hall–Kier alpha value is -2.82. The molecule has 2 rings (SSSR count). The number of hydrogen-bond donors (Lipinski definition) is 2. The molecule has 0 atom stereocenters. The fourth-order valence-corrected chi connectivity index (χ4v) is 1.66. The van der Waals surface area contributed by atoms with Crippen molar-refractivity contribution in [3.05, 3.63) is 65.5 Å². The van der Waals surface area contributed by atoms with E-state index < -0.39 is 0 Å². The van der Waals surface area contributed by atoms with E-state index in [0.29, 0.717) is 17.7 Å². The van der Waals surface area contributed by atoms with E-state index in [4.69, 9.17) is 5.41 Å². The number of rotatable bonds is 4. The van der Waals surface area contributed by atoms with Crippen LogP contribution in [0.2, 0.25) is 0 Å². The molecule has 0 aliphatic carbocycles. The number of nitrogens with one attached hydrogen (secondary N) is 2. The molecule has 0 saturated carbocycles. The number of benzene rings is 1. The molecule has 0 aliphatic heterocycles. The van der Waals surface area contributed by atoms with Crippen molar-refractivity contribution in [3.8, 4) is 0 Å². The highest BCUT2D eigenvalue weighted by atomic mass is 16.1. The number of aliphatic imine (C=N–C) groups is 1. The molecule has 20 heavy (non-hydrogen) atoms. The van der Waals surface area contributed by atoms with Gasteiger partial charge in [0.15, 0.2) is 5.84 Å². The molecule has 0 aliphatic rings. The van der Waals surface area contributed by atoms with Gasteiger partial charge in [-0.1, -0.05) is 18.2 Å². The summed E-state index contributed by atoms with van der Waals surface area (Å²) >= 11 is 0. The zero-order chi connectivity index (χ0) is 14.4. The first-order chi connectivity index (χ1) is 9.70. The highest BCUT2D eigenvalue weighted by Gasteiger charge is 2.06. The zero-order valence-corrected chi connectivity index (χ0v) is 10.8. The van der Waals surface area contributed by atoms with E-state index >= 15 is 0 Å². The second-order valence-corrected chi connectivity index (χ2v) is 4.13. The number of hydrogen-bond acceptors (Lipinski definition) is 3. The summed E-state index contributed by atoms with van der Waals surface area (Å²) in [4.78, 5) is 19.5. The van der Waals surface area contributed by atoms with Crippen LogP contribution in [0.1, 0.15) is 21.5 Å². The summed E-state index contributed by atoms with van der Waals surface area (Å²) < 4.78 is 0. The van der Waals surface area contributed by atoms with Gasteiger partial charge in [0.1, 0.15) is 0 Å². The number of nitrogens with zero attached hydrogens (tertiary/aromatic N) is 2. The Labute approximate surface area is 116 Å². The summed E-state index contributed by atoms with van der Waals surface area (Å²) in [7, 11) is 0. The van der Waals surface area contributed by atoms with Gasteiger partial charge in [-0.15, -0.1) is 0 Å². The first-order valence-electron chi connectivity index (χ1n) is 6.03. The molecule has 2 aromatic rings. The van der Waals surface area contributed by atoms with Gasteiger partial charge >= 0.3 is 0 Å². The van der Waals surface area contributed by atoms with Gasteiger partial charge in [-0.05, 0) is 30.5 Å². The lowest BCUT2D eigenvalue weighted by Gasteiger charge is -2.05. The Morgan fingerprint density at radius 3 is 2.55 bits per heavy atom. The van der Waals surface area contributed by atoms with Crippen molar-refractivity contribution in [2.45, 2.75) is 6.54 Å². The van der Waals surface area contributed by atoms with E-state index in [1.165, 1.54) is 0 Å². The molecule has 0 bridgehead atoms. The lowest BCUT2D eigenvalue weighted by molar-refractivity contribution is 0.0951. The maximum absolute atomic E-state index is 11.9. The van der Waals surface area contributed by atoms with Gasteiger partial charge in [0, 0.05) is 30.1 Å². The van der Waals surface area contributed by atoms with E-state index in [1.54, 1.807) is 36.7 Å². The van der Waals surface area contributed by atoms with Gasteiger partial charge in [-0.25, -0.2) is 4.99 Å². The molecule has 1 amide bonds. The molecular weight excluding hydrogens is 252 g/mol. The molecule has 5 heteroatoms. The first kappa shape index (κ1) is 13.6. The van der Waals surface area contributed by atoms with Gasteiger partial charge in [0.05, 0.1) is 0 Å². The number of carbonyl (C=O) groups excluding carboxylic acids is 1. The van der Waals surface area contributed by atoms with Crippen LogP contribution in [0.5, 0.6) is 0 Å². The normalized spacial score (nSPS) is 9.80. The topological polar surface area (TPSA) is 78.2 Å². The summed E-state index contributed by atoms with van der Waals surface area (Å²) in [6.45, 7) is 3.73. The minimum Gasteiger partial charge on any atom is -0.348 e. The molecule has 1 heterocycles.